The molecule has 4 nitrogen and oxygen atoms in total. The molecule has 22 heavy (non-hydrogen) atoms. The van der Waals surface area contributed by atoms with Crippen molar-refractivity contribution in [1.82, 2.24) is 5.32 Å². The maximum absolute atomic E-state index is 11.9. The molecule has 0 bridgehead atoms. The summed E-state index contributed by atoms with van der Waals surface area (Å²) in [6.07, 6.45) is 1.68. The topological polar surface area (TPSA) is 49.4 Å². The fourth-order valence-corrected chi connectivity index (χ4v) is 2.50. The lowest BCUT2D eigenvalue weighted by atomic mass is 9.85. The summed E-state index contributed by atoms with van der Waals surface area (Å²) in [7, 11) is 1.86. The van der Waals surface area contributed by atoms with Crippen LogP contribution in [-0.4, -0.2) is 19.6 Å². The number of hydrogen-bond acceptors (Lipinski definition) is 4. The van der Waals surface area contributed by atoms with Crippen LogP contribution in [0.5, 0.6) is 0 Å². The second-order valence-electron chi connectivity index (χ2n) is 7.25. The highest BCUT2D eigenvalue weighted by atomic mass is 16.2. The van der Waals surface area contributed by atoms with Gasteiger partial charge in [-0.1, -0.05) is 47.8 Å². The Morgan fingerprint density at radius 2 is 1.82 bits per heavy atom. The first kappa shape index (κ1) is 18.2. The van der Waals surface area contributed by atoms with Gasteiger partial charge in [0, 0.05) is 30.9 Å². The molecule has 0 saturated heterocycles. The molecule has 122 valence electrons. The molecule has 4 heteroatoms. The molecule has 0 aliphatic rings. The Morgan fingerprint density at radius 3 is 2.23 bits per heavy atom. The van der Waals surface area contributed by atoms with E-state index >= 15 is 0 Å². The van der Waals surface area contributed by atoms with Crippen LogP contribution in [0.1, 0.15) is 46.1 Å². The number of nitrogens with one attached hydrogen (secondary N) is 1. The number of anilines is 1. The molecule has 1 aromatic carbocycles. The lowest BCUT2D eigenvalue weighted by Gasteiger charge is -2.37. The molecule has 0 spiro atoms. The number of likely N-dealkylation sites (N-methyl/N-ethyl adjacent to an activating group) is 1. The van der Waals surface area contributed by atoms with Gasteiger partial charge < -0.3 is 10.2 Å². The average Bonchev–Trinajstić information content (AvgIpc) is 2.40. The summed E-state index contributed by atoms with van der Waals surface area (Å²) >= 11 is 0. The van der Waals surface area contributed by atoms with Gasteiger partial charge in [0.2, 0.25) is 10.9 Å². The SMILES string of the molecule is C=CC(=C)NC(CN(C)c1c(C(C)C)c(=O)c1=O)C(C)(C)C. The van der Waals surface area contributed by atoms with Crippen LogP contribution in [0.4, 0.5) is 5.69 Å². The molecule has 1 atom stereocenters. The second-order valence-corrected chi connectivity index (χ2v) is 7.25. The third kappa shape index (κ3) is 3.67. The van der Waals surface area contributed by atoms with E-state index in [-0.39, 0.29) is 28.2 Å². The van der Waals surface area contributed by atoms with Crippen molar-refractivity contribution in [2.45, 2.75) is 46.6 Å². The summed E-state index contributed by atoms with van der Waals surface area (Å²) < 4.78 is 0. The number of rotatable bonds is 7. The summed E-state index contributed by atoms with van der Waals surface area (Å²) in [6.45, 7) is 18.5. The van der Waals surface area contributed by atoms with E-state index in [4.69, 9.17) is 0 Å². The normalized spacial score (nSPS) is 13.2. The van der Waals surface area contributed by atoms with E-state index in [1.165, 1.54) is 0 Å². The first-order chi connectivity index (χ1) is 10.0. The van der Waals surface area contributed by atoms with Gasteiger partial charge in [-0.3, -0.25) is 9.59 Å². The third-order valence-corrected chi connectivity index (χ3v) is 3.99. The van der Waals surface area contributed by atoms with Crippen LogP contribution in [0.15, 0.2) is 34.5 Å². The van der Waals surface area contributed by atoms with E-state index < -0.39 is 0 Å². The molecule has 0 radical (unpaired) electrons. The highest BCUT2D eigenvalue weighted by Crippen LogP contribution is 2.25. The van der Waals surface area contributed by atoms with E-state index in [0.717, 1.165) is 5.70 Å². The smallest absolute Gasteiger partial charge is 0.249 e. The van der Waals surface area contributed by atoms with E-state index in [0.29, 0.717) is 17.8 Å². The Labute approximate surface area is 133 Å². The van der Waals surface area contributed by atoms with Gasteiger partial charge in [0.25, 0.3) is 0 Å². The summed E-state index contributed by atoms with van der Waals surface area (Å²) in [4.78, 5) is 25.6. The minimum Gasteiger partial charge on any atom is -0.380 e. The fourth-order valence-electron chi connectivity index (χ4n) is 2.50. The van der Waals surface area contributed by atoms with Crippen molar-refractivity contribution in [1.29, 1.82) is 0 Å². The zero-order valence-electron chi connectivity index (χ0n) is 14.6. The average molecular weight is 304 g/mol. The Bertz CT molecular complexity index is 628. The minimum absolute atomic E-state index is 0.0322. The van der Waals surface area contributed by atoms with Crippen molar-refractivity contribution in [3.8, 4) is 0 Å². The molecule has 0 fully saturated rings. The molecule has 1 rings (SSSR count). The summed E-state index contributed by atoms with van der Waals surface area (Å²) in [5, 5.41) is 3.34. The minimum atomic E-state index is -0.374. The number of nitrogens with zero attached hydrogens (tertiary/aromatic N) is 1. The highest BCUT2D eigenvalue weighted by molar-refractivity contribution is 5.59. The van der Waals surface area contributed by atoms with Gasteiger partial charge >= 0.3 is 0 Å². The van der Waals surface area contributed by atoms with Crippen molar-refractivity contribution >= 4 is 5.69 Å². The molecule has 0 aliphatic heterocycles. The second kappa shape index (κ2) is 6.51. The van der Waals surface area contributed by atoms with Crippen LogP contribution in [0, 0.1) is 5.41 Å². The van der Waals surface area contributed by atoms with Crippen LogP contribution < -0.4 is 21.1 Å². The fraction of sp³-hybridized carbons (Fsp3) is 0.556. The first-order valence-electron chi connectivity index (χ1n) is 7.62. The molecule has 1 unspecified atom stereocenters. The molecule has 0 saturated carbocycles. The van der Waals surface area contributed by atoms with Crippen LogP contribution in [0.2, 0.25) is 0 Å². The summed E-state index contributed by atoms with van der Waals surface area (Å²) in [5.41, 5.74) is 1.20. The summed E-state index contributed by atoms with van der Waals surface area (Å²) in [6, 6.07) is 0.0763. The van der Waals surface area contributed by atoms with Gasteiger partial charge in [-0.25, -0.2) is 0 Å². The van der Waals surface area contributed by atoms with E-state index in [9.17, 15) is 9.59 Å². The van der Waals surface area contributed by atoms with E-state index in [1.54, 1.807) is 6.08 Å². The number of allylic oxidation sites excluding steroid dienone is 1. The largest absolute Gasteiger partial charge is 0.380 e. The van der Waals surface area contributed by atoms with Crippen LogP contribution >= 0.6 is 0 Å². The van der Waals surface area contributed by atoms with Gasteiger partial charge in [-0.15, -0.1) is 0 Å². The molecule has 0 heterocycles. The number of hydrogen-bond donors (Lipinski definition) is 1. The lowest BCUT2D eigenvalue weighted by Crippen LogP contribution is -2.51. The zero-order chi connectivity index (χ0) is 17.2. The van der Waals surface area contributed by atoms with Gasteiger partial charge in [-0.2, -0.15) is 0 Å². The van der Waals surface area contributed by atoms with Crippen molar-refractivity contribution in [3.05, 3.63) is 50.9 Å². The standard InChI is InChI=1S/C18H28N2O2/c1-9-12(4)19-13(18(5,6)7)10-20(8)15-14(11(2)3)16(21)17(15)22/h9,11,13,19H,1,4,10H2,2-3,5-8H3. The van der Waals surface area contributed by atoms with Crippen molar-refractivity contribution in [3.63, 3.8) is 0 Å². The first-order valence-corrected chi connectivity index (χ1v) is 7.62. The van der Waals surface area contributed by atoms with E-state index in [2.05, 4.69) is 39.2 Å². The maximum Gasteiger partial charge on any atom is 0.249 e. The maximum atomic E-state index is 11.9. The predicted octanol–water partition coefficient (Wildman–Crippen LogP) is 2.55. The molecule has 1 N–H and O–H groups in total. The summed E-state index contributed by atoms with van der Waals surface area (Å²) in [5.74, 6) is 0.0619. The zero-order valence-corrected chi connectivity index (χ0v) is 14.6. The van der Waals surface area contributed by atoms with Crippen LogP contribution in [0.25, 0.3) is 0 Å². The quantitative estimate of drug-likeness (QED) is 0.621. The highest BCUT2D eigenvalue weighted by Gasteiger charge is 2.30. The van der Waals surface area contributed by atoms with Crippen molar-refractivity contribution in [2.75, 3.05) is 18.5 Å². The van der Waals surface area contributed by atoms with Crippen molar-refractivity contribution in [2.24, 2.45) is 5.41 Å². The lowest BCUT2D eigenvalue weighted by molar-refractivity contribution is 0.289. The van der Waals surface area contributed by atoms with Gasteiger partial charge in [0.1, 0.15) is 0 Å². The molecular formula is C18H28N2O2. The monoisotopic (exact) mass is 304 g/mol. The van der Waals surface area contributed by atoms with Crippen LogP contribution in [0.3, 0.4) is 0 Å². The van der Waals surface area contributed by atoms with Gasteiger partial charge in [0.05, 0.1) is 5.69 Å². The third-order valence-electron chi connectivity index (χ3n) is 3.99. The Balaban J connectivity index is 3.02. The molecule has 1 aromatic rings. The van der Waals surface area contributed by atoms with Gasteiger partial charge in [0.15, 0.2) is 0 Å². The van der Waals surface area contributed by atoms with E-state index in [1.807, 2.05) is 25.8 Å². The predicted molar refractivity (Wildman–Crippen MR) is 94.4 cm³/mol. The molecule has 0 aromatic heterocycles. The molecular weight excluding hydrogens is 276 g/mol. The molecule has 0 amide bonds. The molecule has 0 aliphatic carbocycles. The Kier molecular flexibility index (Phi) is 5.39. The Hall–Kier alpha value is -1.84. The van der Waals surface area contributed by atoms with Gasteiger partial charge in [-0.05, 0) is 17.4 Å². The van der Waals surface area contributed by atoms with Crippen LogP contribution in [-0.2, 0) is 0 Å². The van der Waals surface area contributed by atoms with Crippen molar-refractivity contribution < 1.29 is 0 Å². The Morgan fingerprint density at radius 1 is 1.27 bits per heavy atom.